The van der Waals surface area contributed by atoms with Crippen molar-refractivity contribution in [3.05, 3.63) is 30.1 Å². The van der Waals surface area contributed by atoms with E-state index in [1.54, 1.807) is 0 Å². The Hall–Kier alpha value is -1.44. The maximum Gasteiger partial charge on any atom is 0.0657 e. The lowest BCUT2D eigenvalue weighted by atomic mass is 9.54. The average Bonchev–Trinajstić information content (AvgIpc) is 3.12. The number of hydrogen-bond acceptors (Lipinski definition) is 4. The standard InChI is InChI=1S/C20H28N4/c1-2-16-19(12-20(16)7-9-22-14-20)24-10-6-15(13-21)11-18(24)17-5-3-4-8-23-17/h3-5,8,15-16,18-19,22H,2,6-7,9-12,14H2,1H3. The maximum absolute atomic E-state index is 9.42. The largest absolute Gasteiger partial charge is 0.316 e. The zero-order valence-electron chi connectivity index (χ0n) is 14.6. The molecule has 5 atom stereocenters. The molecule has 1 N–H and O–H groups in total. The maximum atomic E-state index is 9.42. The second-order valence-corrected chi connectivity index (χ2v) is 7.93. The Labute approximate surface area is 145 Å². The highest BCUT2D eigenvalue weighted by Gasteiger charge is 2.56. The monoisotopic (exact) mass is 324 g/mol. The van der Waals surface area contributed by atoms with E-state index in [2.05, 4.69) is 40.3 Å². The van der Waals surface area contributed by atoms with Crippen LogP contribution in [0.1, 0.15) is 50.8 Å². The Morgan fingerprint density at radius 2 is 2.38 bits per heavy atom. The average molecular weight is 324 g/mol. The predicted molar refractivity (Wildman–Crippen MR) is 94.1 cm³/mol. The summed E-state index contributed by atoms with van der Waals surface area (Å²) in [5.74, 6) is 0.966. The molecule has 2 saturated heterocycles. The number of pyridine rings is 1. The number of likely N-dealkylation sites (tertiary alicyclic amines) is 1. The molecule has 4 heteroatoms. The van der Waals surface area contributed by atoms with Crippen LogP contribution in [0.2, 0.25) is 0 Å². The molecule has 4 rings (SSSR count). The summed E-state index contributed by atoms with van der Waals surface area (Å²) in [5, 5.41) is 13.0. The first kappa shape index (κ1) is 16.1. The second-order valence-electron chi connectivity index (χ2n) is 7.93. The molecule has 5 unspecified atom stereocenters. The number of piperidine rings is 1. The molecule has 1 aromatic rings. The zero-order chi connectivity index (χ0) is 16.6. The van der Waals surface area contributed by atoms with Crippen LogP contribution in [-0.4, -0.2) is 35.6 Å². The SMILES string of the molecule is CCC1C(N2CCC(C#N)CC2c2ccccn2)CC12CCNC2. The first-order valence-electron chi connectivity index (χ1n) is 9.54. The smallest absolute Gasteiger partial charge is 0.0657 e. The van der Waals surface area contributed by atoms with Crippen molar-refractivity contribution in [3.63, 3.8) is 0 Å². The van der Waals surface area contributed by atoms with Crippen molar-refractivity contribution in [2.24, 2.45) is 17.3 Å². The van der Waals surface area contributed by atoms with Gasteiger partial charge in [0.25, 0.3) is 0 Å². The lowest BCUT2D eigenvalue weighted by Crippen LogP contribution is -2.61. The van der Waals surface area contributed by atoms with Crippen molar-refractivity contribution in [2.45, 2.75) is 51.1 Å². The van der Waals surface area contributed by atoms with Crippen molar-refractivity contribution in [1.82, 2.24) is 15.2 Å². The molecule has 1 aliphatic carbocycles. The topological polar surface area (TPSA) is 52.0 Å². The van der Waals surface area contributed by atoms with Crippen LogP contribution in [0.3, 0.4) is 0 Å². The molecule has 0 bridgehead atoms. The summed E-state index contributed by atoms with van der Waals surface area (Å²) >= 11 is 0. The third-order valence-corrected chi connectivity index (χ3v) is 6.86. The highest BCUT2D eigenvalue weighted by atomic mass is 15.2. The first-order valence-corrected chi connectivity index (χ1v) is 9.54. The number of hydrogen-bond donors (Lipinski definition) is 1. The van der Waals surface area contributed by atoms with E-state index in [-0.39, 0.29) is 5.92 Å². The van der Waals surface area contributed by atoms with Crippen LogP contribution >= 0.6 is 0 Å². The van der Waals surface area contributed by atoms with Gasteiger partial charge in [-0.3, -0.25) is 9.88 Å². The van der Waals surface area contributed by atoms with Crippen molar-refractivity contribution < 1.29 is 0 Å². The van der Waals surface area contributed by atoms with E-state index in [4.69, 9.17) is 0 Å². The third-order valence-electron chi connectivity index (χ3n) is 6.86. The molecule has 3 fully saturated rings. The van der Waals surface area contributed by atoms with Crippen LogP contribution in [-0.2, 0) is 0 Å². The van der Waals surface area contributed by atoms with Gasteiger partial charge in [0, 0.05) is 31.2 Å². The third kappa shape index (κ3) is 2.55. The fourth-order valence-corrected chi connectivity index (χ4v) is 5.63. The summed E-state index contributed by atoms with van der Waals surface area (Å²) < 4.78 is 0. The number of rotatable bonds is 3. The number of nitrogens with one attached hydrogen (secondary N) is 1. The van der Waals surface area contributed by atoms with Crippen LogP contribution < -0.4 is 5.32 Å². The van der Waals surface area contributed by atoms with E-state index in [0.717, 1.165) is 31.0 Å². The minimum atomic E-state index is 0.176. The quantitative estimate of drug-likeness (QED) is 0.928. The van der Waals surface area contributed by atoms with Gasteiger partial charge in [-0.15, -0.1) is 0 Å². The molecule has 0 radical (unpaired) electrons. The molecule has 2 aliphatic heterocycles. The fourth-order valence-electron chi connectivity index (χ4n) is 5.63. The van der Waals surface area contributed by atoms with E-state index >= 15 is 0 Å². The molecule has 3 aliphatic rings. The summed E-state index contributed by atoms with van der Waals surface area (Å²) in [6.45, 7) is 5.78. The fraction of sp³-hybridized carbons (Fsp3) is 0.700. The number of nitriles is 1. The van der Waals surface area contributed by atoms with Gasteiger partial charge >= 0.3 is 0 Å². The van der Waals surface area contributed by atoms with Gasteiger partial charge in [-0.25, -0.2) is 0 Å². The Kier molecular flexibility index (Phi) is 4.32. The number of nitrogens with zero attached hydrogens (tertiary/aromatic N) is 3. The summed E-state index contributed by atoms with van der Waals surface area (Å²) in [7, 11) is 0. The van der Waals surface area contributed by atoms with Gasteiger partial charge in [0.05, 0.1) is 17.8 Å². The van der Waals surface area contributed by atoms with Gasteiger partial charge in [-0.05, 0) is 55.7 Å². The lowest BCUT2D eigenvalue weighted by molar-refractivity contribution is -0.0952. The van der Waals surface area contributed by atoms with Gasteiger partial charge in [0.2, 0.25) is 0 Å². The summed E-state index contributed by atoms with van der Waals surface area (Å²) in [5.41, 5.74) is 1.69. The van der Waals surface area contributed by atoms with Crippen molar-refractivity contribution in [2.75, 3.05) is 19.6 Å². The van der Waals surface area contributed by atoms with Crippen molar-refractivity contribution in [3.8, 4) is 6.07 Å². The zero-order valence-corrected chi connectivity index (χ0v) is 14.6. The molecule has 1 spiro atoms. The summed E-state index contributed by atoms with van der Waals surface area (Å²) in [6, 6.07) is 9.70. The van der Waals surface area contributed by atoms with E-state index < -0.39 is 0 Å². The Bertz CT molecular complexity index is 602. The van der Waals surface area contributed by atoms with E-state index in [0.29, 0.717) is 17.5 Å². The first-order chi connectivity index (χ1) is 11.8. The molecule has 128 valence electrons. The van der Waals surface area contributed by atoms with Crippen LogP contribution in [0.15, 0.2) is 24.4 Å². The Balaban J connectivity index is 1.57. The summed E-state index contributed by atoms with van der Waals surface area (Å²) in [4.78, 5) is 7.34. The molecular weight excluding hydrogens is 296 g/mol. The molecule has 3 heterocycles. The number of aromatic nitrogens is 1. The van der Waals surface area contributed by atoms with Crippen molar-refractivity contribution >= 4 is 0 Å². The van der Waals surface area contributed by atoms with Crippen LogP contribution in [0.5, 0.6) is 0 Å². The van der Waals surface area contributed by atoms with Gasteiger partial charge in [-0.2, -0.15) is 5.26 Å². The van der Waals surface area contributed by atoms with Gasteiger partial charge < -0.3 is 5.32 Å². The minimum absolute atomic E-state index is 0.176. The molecule has 1 saturated carbocycles. The Morgan fingerprint density at radius 1 is 1.46 bits per heavy atom. The van der Waals surface area contributed by atoms with E-state index in [1.807, 2.05) is 12.3 Å². The minimum Gasteiger partial charge on any atom is -0.316 e. The molecule has 0 aromatic carbocycles. The molecule has 1 aromatic heterocycles. The van der Waals surface area contributed by atoms with Crippen LogP contribution in [0.25, 0.3) is 0 Å². The lowest BCUT2D eigenvalue weighted by Gasteiger charge is -2.59. The highest BCUT2D eigenvalue weighted by Crippen LogP contribution is 2.56. The Morgan fingerprint density at radius 3 is 3.04 bits per heavy atom. The van der Waals surface area contributed by atoms with Gasteiger partial charge in [0.1, 0.15) is 0 Å². The molecule has 4 nitrogen and oxygen atoms in total. The van der Waals surface area contributed by atoms with Crippen LogP contribution in [0.4, 0.5) is 0 Å². The van der Waals surface area contributed by atoms with Crippen molar-refractivity contribution in [1.29, 1.82) is 5.26 Å². The second kappa shape index (κ2) is 6.46. The molecular formula is C20H28N4. The highest BCUT2D eigenvalue weighted by molar-refractivity contribution is 5.16. The van der Waals surface area contributed by atoms with E-state index in [9.17, 15) is 5.26 Å². The predicted octanol–water partition coefficient (Wildman–Crippen LogP) is 3.14. The normalized spacial score (nSPS) is 39.5. The molecule has 0 amide bonds. The molecule has 24 heavy (non-hydrogen) atoms. The van der Waals surface area contributed by atoms with Gasteiger partial charge in [0.15, 0.2) is 0 Å². The van der Waals surface area contributed by atoms with E-state index in [1.165, 1.54) is 32.4 Å². The summed E-state index contributed by atoms with van der Waals surface area (Å²) in [6.07, 6.45) is 7.76. The van der Waals surface area contributed by atoms with Gasteiger partial charge in [-0.1, -0.05) is 19.4 Å². The van der Waals surface area contributed by atoms with Crippen LogP contribution in [0, 0.1) is 28.6 Å².